The molecule has 0 spiro atoms. The Balaban J connectivity index is 0.00000784. The molecule has 12 heteroatoms. The molecule has 1 aromatic rings. The topological polar surface area (TPSA) is 120 Å². The van der Waals surface area contributed by atoms with E-state index in [-0.39, 0.29) is 36.2 Å². The normalized spacial score (nSPS) is 13.2. The molecule has 0 aliphatic heterocycles. The molecule has 0 fully saturated rings. The fourth-order valence-electron chi connectivity index (χ4n) is 1.77. The number of nitro benzene ring substituents is 1. The van der Waals surface area contributed by atoms with Gasteiger partial charge in [0.1, 0.15) is 5.95 Å². The first-order valence-electron chi connectivity index (χ1n) is 8.46. The van der Waals surface area contributed by atoms with Crippen molar-refractivity contribution in [3.63, 3.8) is 0 Å². The molecule has 1 rings (SSSR count). The summed E-state index contributed by atoms with van der Waals surface area (Å²) in [6.45, 7) is 9.46. The predicted octanol–water partition coefficient (Wildman–Crippen LogP) is 1.11. The second-order valence-electron chi connectivity index (χ2n) is 7.53. The van der Waals surface area contributed by atoms with Crippen LogP contribution in [0.25, 0.3) is 0 Å². The van der Waals surface area contributed by atoms with Gasteiger partial charge >= 0.3 is 26.5 Å². The van der Waals surface area contributed by atoms with Crippen LogP contribution in [-0.4, -0.2) is 27.5 Å². The Hall–Kier alpha value is -1.28. The van der Waals surface area contributed by atoms with E-state index in [4.69, 9.17) is 18.2 Å². The molecule has 0 atom stereocenters. The Morgan fingerprint density at radius 3 is 2.00 bits per heavy atom. The van der Waals surface area contributed by atoms with E-state index >= 15 is 0 Å². The first-order valence-corrected chi connectivity index (χ1v) is 12.9. The number of hydrogen-bond donors (Lipinski definition) is 0. The van der Waals surface area contributed by atoms with Crippen LogP contribution in [0.1, 0.15) is 26.3 Å². The summed E-state index contributed by atoms with van der Waals surface area (Å²) in [4.78, 5) is 10.2. The van der Waals surface area contributed by atoms with Gasteiger partial charge in [-0.25, -0.2) is 0 Å². The van der Waals surface area contributed by atoms with Crippen molar-refractivity contribution >= 4 is 21.6 Å². The van der Waals surface area contributed by atoms with Crippen LogP contribution >= 0.6 is 7.60 Å². The van der Waals surface area contributed by atoms with Gasteiger partial charge in [0.05, 0.1) is 4.92 Å². The van der Waals surface area contributed by atoms with Crippen molar-refractivity contribution < 1.29 is 51.7 Å². The molecule has 158 valence electrons. The van der Waals surface area contributed by atoms with Gasteiger partial charge in [-0.1, -0.05) is 32.9 Å². The molecule has 0 N–H and O–H groups in total. The van der Waals surface area contributed by atoms with E-state index in [0.717, 1.165) is 14.2 Å². The molecule has 0 amide bonds. The first-order chi connectivity index (χ1) is 12.8. The second kappa shape index (κ2) is 10.7. The molecule has 0 radical (unpaired) electrons. The number of nitro groups is 1. The summed E-state index contributed by atoms with van der Waals surface area (Å²) >= 11 is 0. The molecule has 0 heterocycles. The largest absolute Gasteiger partial charge is 1.00 e. The Morgan fingerprint density at radius 1 is 1.14 bits per heavy atom. The van der Waals surface area contributed by atoms with E-state index in [1.165, 1.54) is 24.3 Å². The van der Waals surface area contributed by atoms with E-state index < -0.39 is 32.3 Å². The van der Waals surface area contributed by atoms with E-state index in [2.05, 4.69) is 0 Å². The van der Waals surface area contributed by atoms with Crippen molar-refractivity contribution in [2.75, 3.05) is 14.2 Å². The minimum atomic E-state index is -3.99. The molecule has 0 aliphatic carbocycles. The van der Waals surface area contributed by atoms with Crippen LogP contribution in [0.2, 0.25) is 18.1 Å². The van der Waals surface area contributed by atoms with Crippen molar-refractivity contribution in [2.45, 2.75) is 45.5 Å². The summed E-state index contributed by atoms with van der Waals surface area (Å²) in [6, 6.07) is 5.53. The third kappa shape index (κ3) is 7.17. The van der Waals surface area contributed by atoms with Crippen LogP contribution in [0.3, 0.4) is 0 Å². The first kappa shape index (κ1) is 27.7. The molecule has 0 unspecified atom stereocenters. The summed E-state index contributed by atoms with van der Waals surface area (Å²) in [5.41, 5.74) is -0.0480. The van der Waals surface area contributed by atoms with Crippen LogP contribution < -0.4 is 24.0 Å². The number of benzene rings is 1. The van der Waals surface area contributed by atoms with Gasteiger partial charge in [0, 0.05) is 33.0 Å². The Kier molecular flexibility index (Phi) is 10.2. The monoisotopic (exact) mass is 439 g/mol. The maximum absolute atomic E-state index is 12.9. The molecule has 29 heavy (non-hydrogen) atoms. The van der Waals surface area contributed by atoms with Crippen LogP contribution in [0, 0.1) is 10.1 Å². The van der Waals surface area contributed by atoms with Gasteiger partial charge in [-0.2, -0.15) is 0 Å². The van der Waals surface area contributed by atoms with Gasteiger partial charge in [-0.3, -0.25) is 14.7 Å². The molecule has 0 aromatic heterocycles. The SMILES string of the molecule is COP(=O)(OC)/C(O[Si](C)(C)C(C)(C)C)=C(/[O-])OCc1ccc([N+](=O)[O-])cc1.[Li+]. The van der Waals surface area contributed by atoms with E-state index in [0.29, 0.717) is 5.56 Å². The second-order valence-corrected chi connectivity index (χ2v) is 14.4. The average molecular weight is 439 g/mol. The summed E-state index contributed by atoms with van der Waals surface area (Å²) in [5.74, 6) is -0.963. The Labute approximate surface area is 184 Å². The van der Waals surface area contributed by atoms with Crippen LogP contribution in [0.5, 0.6) is 0 Å². The van der Waals surface area contributed by atoms with Crippen molar-refractivity contribution in [1.29, 1.82) is 0 Å². The number of hydrogen-bond acceptors (Lipinski definition) is 8. The van der Waals surface area contributed by atoms with Gasteiger partial charge in [0.25, 0.3) is 14.0 Å². The summed E-state index contributed by atoms with van der Waals surface area (Å²) in [7, 11) is -4.23. The summed E-state index contributed by atoms with van der Waals surface area (Å²) < 4.78 is 33.9. The van der Waals surface area contributed by atoms with E-state index in [1.807, 2.05) is 33.9 Å². The maximum Gasteiger partial charge on any atom is 1.00 e. The van der Waals surface area contributed by atoms with Crippen molar-refractivity contribution in [1.82, 2.24) is 0 Å². The van der Waals surface area contributed by atoms with Crippen LogP contribution in [-0.2, 0) is 29.4 Å². The van der Waals surface area contributed by atoms with Crippen molar-refractivity contribution in [3.05, 3.63) is 51.4 Å². The molecule has 0 saturated carbocycles. The summed E-state index contributed by atoms with van der Waals surface area (Å²) in [6.07, 6.45) is 0. The van der Waals surface area contributed by atoms with Gasteiger partial charge < -0.3 is 23.3 Å². The van der Waals surface area contributed by atoms with Gasteiger partial charge in [-0.15, -0.1) is 0 Å². The molecular weight excluding hydrogens is 412 g/mol. The quantitative estimate of drug-likeness (QED) is 0.185. The third-order valence-electron chi connectivity index (χ3n) is 4.58. The fourth-order valence-corrected chi connectivity index (χ4v) is 4.54. The van der Waals surface area contributed by atoms with Gasteiger partial charge in [0.15, 0.2) is 0 Å². The van der Waals surface area contributed by atoms with Crippen LogP contribution in [0.15, 0.2) is 35.7 Å². The molecular formula is C17H27LiNO8PSi. The Bertz CT molecular complexity index is 769. The summed E-state index contributed by atoms with van der Waals surface area (Å²) in [5, 5.41) is 23.1. The Morgan fingerprint density at radius 2 is 1.62 bits per heavy atom. The van der Waals surface area contributed by atoms with E-state index in [1.54, 1.807) is 0 Å². The van der Waals surface area contributed by atoms with Crippen molar-refractivity contribution in [2.24, 2.45) is 0 Å². The van der Waals surface area contributed by atoms with E-state index in [9.17, 15) is 19.8 Å². The van der Waals surface area contributed by atoms with Gasteiger partial charge in [0.2, 0.25) is 5.50 Å². The zero-order valence-corrected chi connectivity index (χ0v) is 20.1. The molecule has 9 nitrogen and oxygen atoms in total. The number of ether oxygens (including phenoxy) is 1. The molecule has 0 bridgehead atoms. The molecule has 1 aromatic carbocycles. The fraction of sp³-hybridized carbons (Fsp3) is 0.529. The van der Waals surface area contributed by atoms with Gasteiger partial charge in [-0.05, 0) is 23.7 Å². The molecule has 0 aliphatic rings. The number of rotatable bonds is 9. The van der Waals surface area contributed by atoms with Crippen LogP contribution in [0.4, 0.5) is 5.69 Å². The number of nitrogens with zero attached hydrogens (tertiary/aromatic N) is 1. The predicted molar refractivity (Wildman–Crippen MR) is 105 cm³/mol. The standard InChI is InChI=1S/C17H28NO8PSi.Li/c1-17(2,3)28(6,7)26-16(27(22,23-4)24-5)15(19)25-12-13-8-10-14(11-9-13)18(20)21;/h8-11,19H,12H2,1-7H3;/q;+1/p-1/b16-15-;. The minimum absolute atomic E-state index is 0. The maximum atomic E-state index is 12.9. The molecule has 0 saturated heterocycles. The third-order valence-corrected chi connectivity index (χ3v) is 10.8. The van der Waals surface area contributed by atoms with Crippen molar-refractivity contribution in [3.8, 4) is 0 Å². The zero-order chi connectivity index (χ0) is 21.8. The smallest absolute Gasteiger partial charge is 0.606 e. The average Bonchev–Trinajstić information content (AvgIpc) is 2.63. The zero-order valence-electron chi connectivity index (χ0n) is 18.2. The number of non-ortho nitro benzene ring substituents is 1. The minimum Gasteiger partial charge on any atom is -0.606 e.